The van der Waals surface area contributed by atoms with Gasteiger partial charge in [-0.1, -0.05) is 19.9 Å². The standard InChI is InChI=1S/C10H17N3/c1-6(2)10(12)8-4-5-9(11)13-7(8)3/h4-6,10H,12H2,1-3H3,(H2,11,13)/t10-/m0/s1. The fourth-order valence-electron chi connectivity index (χ4n) is 1.30. The molecule has 0 radical (unpaired) electrons. The van der Waals surface area contributed by atoms with Crippen molar-refractivity contribution in [1.29, 1.82) is 0 Å². The van der Waals surface area contributed by atoms with E-state index in [-0.39, 0.29) is 6.04 Å². The highest BCUT2D eigenvalue weighted by Crippen LogP contribution is 2.21. The van der Waals surface area contributed by atoms with Gasteiger partial charge in [0, 0.05) is 11.7 Å². The molecular formula is C10H17N3. The van der Waals surface area contributed by atoms with Gasteiger partial charge in [0.1, 0.15) is 5.82 Å². The van der Waals surface area contributed by atoms with Crippen LogP contribution in [0.4, 0.5) is 5.82 Å². The molecule has 0 fully saturated rings. The fraction of sp³-hybridized carbons (Fsp3) is 0.500. The number of anilines is 1. The van der Waals surface area contributed by atoms with Crippen molar-refractivity contribution in [1.82, 2.24) is 4.98 Å². The molecule has 72 valence electrons. The maximum Gasteiger partial charge on any atom is 0.123 e. The molecule has 0 amide bonds. The highest BCUT2D eigenvalue weighted by molar-refractivity contribution is 5.35. The molecule has 0 unspecified atom stereocenters. The number of nitrogens with zero attached hydrogens (tertiary/aromatic N) is 1. The molecule has 0 bridgehead atoms. The Morgan fingerprint density at radius 1 is 1.31 bits per heavy atom. The lowest BCUT2D eigenvalue weighted by molar-refractivity contribution is 0.510. The van der Waals surface area contributed by atoms with Gasteiger partial charge in [-0.25, -0.2) is 4.98 Å². The summed E-state index contributed by atoms with van der Waals surface area (Å²) in [5, 5.41) is 0. The first-order valence-electron chi connectivity index (χ1n) is 4.51. The van der Waals surface area contributed by atoms with Crippen LogP contribution in [0.3, 0.4) is 0 Å². The molecule has 1 rings (SSSR count). The Balaban J connectivity index is 3.01. The Labute approximate surface area is 79.2 Å². The fourth-order valence-corrected chi connectivity index (χ4v) is 1.30. The van der Waals surface area contributed by atoms with Gasteiger partial charge in [0.2, 0.25) is 0 Å². The van der Waals surface area contributed by atoms with Crippen LogP contribution in [0.15, 0.2) is 12.1 Å². The number of hydrogen-bond acceptors (Lipinski definition) is 3. The summed E-state index contributed by atoms with van der Waals surface area (Å²) in [7, 11) is 0. The van der Waals surface area contributed by atoms with Gasteiger partial charge in [-0.2, -0.15) is 0 Å². The van der Waals surface area contributed by atoms with E-state index in [0.717, 1.165) is 11.3 Å². The number of aromatic nitrogens is 1. The van der Waals surface area contributed by atoms with Crippen LogP contribution in [0.1, 0.15) is 31.1 Å². The van der Waals surface area contributed by atoms with Gasteiger partial charge in [-0.05, 0) is 24.5 Å². The zero-order valence-corrected chi connectivity index (χ0v) is 8.41. The first kappa shape index (κ1) is 9.99. The Morgan fingerprint density at radius 3 is 2.38 bits per heavy atom. The SMILES string of the molecule is Cc1nc(N)ccc1[C@@H](N)C(C)C. The van der Waals surface area contributed by atoms with E-state index in [0.29, 0.717) is 11.7 Å². The van der Waals surface area contributed by atoms with Crippen molar-refractivity contribution >= 4 is 5.82 Å². The molecule has 0 spiro atoms. The van der Waals surface area contributed by atoms with Crippen LogP contribution < -0.4 is 11.5 Å². The predicted molar refractivity (Wildman–Crippen MR) is 55.2 cm³/mol. The maximum atomic E-state index is 6.01. The first-order chi connectivity index (χ1) is 6.02. The molecular weight excluding hydrogens is 162 g/mol. The summed E-state index contributed by atoms with van der Waals surface area (Å²) < 4.78 is 0. The second-order valence-corrected chi connectivity index (χ2v) is 3.68. The molecule has 1 heterocycles. The van der Waals surface area contributed by atoms with Crippen LogP contribution in [0.25, 0.3) is 0 Å². The largest absolute Gasteiger partial charge is 0.384 e. The number of hydrogen-bond donors (Lipinski definition) is 2. The summed E-state index contributed by atoms with van der Waals surface area (Å²) in [5.41, 5.74) is 13.6. The summed E-state index contributed by atoms with van der Waals surface area (Å²) in [6, 6.07) is 3.81. The van der Waals surface area contributed by atoms with Crippen LogP contribution >= 0.6 is 0 Å². The molecule has 0 saturated heterocycles. The van der Waals surface area contributed by atoms with Crippen molar-refractivity contribution < 1.29 is 0 Å². The van der Waals surface area contributed by atoms with E-state index >= 15 is 0 Å². The first-order valence-corrected chi connectivity index (χ1v) is 4.51. The van der Waals surface area contributed by atoms with E-state index in [9.17, 15) is 0 Å². The number of nitrogen functional groups attached to an aromatic ring is 1. The average molecular weight is 179 g/mol. The van der Waals surface area contributed by atoms with Crippen molar-refractivity contribution in [2.75, 3.05) is 5.73 Å². The summed E-state index contributed by atoms with van der Waals surface area (Å²) >= 11 is 0. The van der Waals surface area contributed by atoms with Gasteiger partial charge in [0.25, 0.3) is 0 Å². The van der Waals surface area contributed by atoms with Gasteiger partial charge in [-0.3, -0.25) is 0 Å². The Kier molecular flexibility index (Phi) is 2.88. The van der Waals surface area contributed by atoms with E-state index in [1.807, 2.05) is 13.0 Å². The topological polar surface area (TPSA) is 64.9 Å². The molecule has 0 saturated carbocycles. The second-order valence-electron chi connectivity index (χ2n) is 3.68. The van der Waals surface area contributed by atoms with Gasteiger partial charge in [0.15, 0.2) is 0 Å². The third kappa shape index (κ3) is 2.18. The van der Waals surface area contributed by atoms with E-state index in [2.05, 4.69) is 18.8 Å². The van der Waals surface area contributed by atoms with Crippen LogP contribution in [0.2, 0.25) is 0 Å². The molecule has 0 aliphatic carbocycles. The Bertz CT molecular complexity index is 294. The molecule has 1 aromatic heterocycles. The molecule has 13 heavy (non-hydrogen) atoms. The molecule has 3 heteroatoms. The molecule has 3 nitrogen and oxygen atoms in total. The van der Waals surface area contributed by atoms with Crippen LogP contribution in [-0.4, -0.2) is 4.98 Å². The lowest BCUT2D eigenvalue weighted by Gasteiger charge is -2.17. The molecule has 0 aliphatic heterocycles. The smallest absolute Gasteiger partial charge is 0.123 e. The predicted octanol–water partition coefficient (Wildman–Crippen LogP) is 1.63. The molecule has 0 aliphatic rings. The monoisotopic (exact) mass is 179 g/mol. The minimum absolute atomic E-state index is 0.0492. The van der Waals surface area contributed by atoms with Crippen LogP contribution in [0, 0.1) is 12.8 Å². The van der Waals surface area contributed by atoms with E-state index in [4.69, 9.17) is 11.5 Å². The third-order valence-electron chi connectivity index (χ3n) is 2.23. The zero-order valence-electron chi connectivity index (χ0n) is 8.41. The van der Waals surface area contributed by atoms with Crippen molar-refractivity contribution in [3.63, 3.8) is 0 Å². The van der Waals surface area contributed by atoms with Crippen molar-refractivity contribution in [3.05, 3.63) is 23.4 Å². The van der Waals surface area contributed by atoms with Gasteiger partial charge < -0.3 is 11.5 Å². The van der Waals surface area contributed by atoms with E-state index in [1.54, 1.807) is 6.07 Å². The molecule has 1 aromatic rings. The summed E-state index contributed by atoms with van der Waals surface area (Å²) in [6.45, 7) is 6.13. The number of pyridine rings is 1. The van der Waals surface area contributed by atoms with E-state index in [1.165, 1.54) is 0 Å². The molecule has 0 aromatic carbocycles. The van der Waals surface area contributed by atoms with Crippen LogP contribution in [-0.2, 0) is 0 Å². The summed E-state index contributed by atoms with van der Waals surface area (Å²) in [5.74, 6) is 0.973. The summed E-state index contributed by atoms with van der Waals surface area (Å²) in [4.78, 5) is 4.17. The maximum absolute atomic E-state index is 6.01. The minimum atomic E-state index is 0.0492. The Hall–Kier alpha value is -1.09. The minimum Gasteiger partial charge on any atom is -0.384 e. The van der Waals surface area contributed by atoms with Gasteiger partial charge in [-0.15, -0.1) is 0 Å². The average Bonchev–Trinajstić information content (AvgIpc) is 2.03. The van der Waals surface area contributed by atoms with Crippen molar-refractivity contribution in [2.45, 2.75) is 26.8 Å². The lowest BCUT2D eigenvalue weighted by atomic mass is 9.96. The quantitative estimate of drug-likeness (QED) is 0.725. The second kappa shape index (κ2) is 3.75. The van der Waals surface area contributed by atoms with E-state index < -0.39 is 0 Å². The Morgan fingerprint density at radius 2 is 1.92 bits per heavy atom. The number of nitrogens with two attached hydrogens (primary N) is 2. The van der Waals surface area contributed by atoms with Crippen molar-refractivity contribution in [2.24, 2.45) is 11.7 Å². The lowest BCUT2D eigenvalue weighted by Crippen LogP contribution is -2.18. The van der Waals surface area contributed by atoms with Crippen molar-refractivity contribution in [3.8, 4) is 0 Å². The zero-order chi connectivity index (χ0) is 10.0. The molecule has 4 N–H and O–H groups in total. The normalized spacial score (nSPS) is 13.3. The van der Waals surface area contributed by atoms with Crippen LogP contribution in [0.5, 0.6) is 0 Å². The highest BCUT2D eigenvalue weighted by Gasteiger charge is 2.13. The number of aryl methyl sites for hydroxylation is 1. The third-order valence-corrected chi connectivity index (χ3v) is 2.23. The molecule has 1 atom stereocenters. The van der Waals surface area contributed by atoms with Gasteiger partial charge >= 0.3 is 0 Å². The highest BCUT2D eigenvalue weighted by atomic mass is 14.8. The van der Waals surface area contributed by atoms with Gasteiger partial charge in [0.05, 0.1) is 0 Å². The summed E-state index contributed by atoms with van der Waals surface area (Å²) in [6.07, 6.45) is 0. The number of rotatable bonds is 2.